The molecule has 6 heteroatoms. The van der Waals surface area contributed by atoms with Crippen molar-refractivity contribution in [1.82, 2.24) is 5.32 Å². The Hall–Kier alpha value is -1.14. The first-order chi connectivity index (χ1) is 10.5. The molecule has 0 bridgehead atoms. The van der Waals surface area contributed by atoms with E-state index in [9.17, 15) is 4.79 Å². The summed E-state index contributed by atoms with van der Waals surface area (Å²) in [5.41, 5.74) is 0.916. The molecule has 0 aromatic carbocycles. The summed E-state index contributed by atoms with van der Waals surface area (Å²) in [5, 5.41) is 8.12. The van der Waals surface area contributed by atoms with Gasteiger partial charge in [0.05, 0.1) is 11.6 Å². The topological polar surface area (TPSA) is 50.4 Å². The van der Waals surface area contributed by atoms with Crippen molar-refractivity contribution in [3.05, 3.63) is 16.5 Å². The summed E-state index contributed by atoms with van der Waals surface area (Å²) in [6.07, 6.45) is 4.99. The van der Waals surface area contributed by atoms with Crippen molar-refractivity contribution < 1.29 is 9.53 Å². The zero-order valence-electron chi connectivity index (χ0n) is 13.4. The van der Waals surface area contributed by atoms with Gasteiger partial charge in [-0.05, 0) is 56.5 Å². The second kappa shape index (κ2) is 7.92. The number of carbonyl (C=O) groups excluding carboxylic acids is 1. The van der Waals surface area contributed by atoms with Crippen LogP contribution in [0.4, 0.5) is 5.00 Å². The molecule has 2 N–H and O–H groups in total. The van der Waals surface area contributed by atoms with Crippen LogP contribution in [-0.4, -0.2) is 23.7 Å². The predicted octanol–water partition coefficient (Wildman–Crippen LogP) is 4.10. The summed E-state index contributed by atoms with van der Waals surface area (Å²) >= 11 is 6.79. The van der Waals surface area contributed by atoms with Gasteiger partial charge >= 0.3 is 5.97 Å². The predicted molar refractivity (Wildman–Crippen MR) is 95.8 cm³/mol. The minimum Gasteiger partial charge on any atom is -0.462 e. The number of anilines is 1. The summed E-state index contributed by atoms with van der Waals surface area (Å²) in [6, 6.07) is 2.38. The molecule has 0 aliphatic heterocycles. The molecule has 1 aliphatic rings. The Morgan fingerprint density at radius 2 is 2.18 bits per heavy atom. The molecule has 1 aromatic heterocycles. The number of carbonyl (C=O) groups is 1. The third kappa shape index (κ3) is 4.43. The quantitative estimate of drug-likeness (QED) is 0.638. The summed E-state index contributed by atoms with van der Waals surface area (Å²) in [5.74, 6) is 0.381. The van der Waals surface area contributed by atoms with E-state index in [1.807, 2.05) is 19.9 Å². The van der Waals surface area contributed by atoms with Crippen LogP contribution in [0.15, 0.2) is 6.07 Å². The van der Waals surface area contributed by atoms with Gasteiger partial charge in [0, 0.05) is 6.04 Å². The van der Waals surface area contributed by atoms with Crippen molar-refractivity contribution in [3.8, 4) is 0 Å². The maximum Gasteiger partial charge on any atom is 0.348 e. The molecule has 1 aromatic rings. The lowest BCUT2D eigenvalue weighted by Gasteiger charge is -2.30. The van der Waals surface area contributed by atoms with Gasteiger partial charge < -0.3 is 15.4 Å². The van der Waals surface area contributed by atoms with Crippen LogP contribution in [0.2, 0.25) is 0 Å². The number of hydrogen-bond acceptors (Lipinski definition) is 4. The second-order valence-electron chi connectivity index (χ2n) is 5.81. The highest BCUT2D eigenvalue weighted by Gasteiger charge is 2.22. The molecule has 2 rings (SSSR count). The Morgan fingerprint density at radius 1 is 1.45 bits per heavy atom. The van der Waals surface area contributed by atoms with Gasteiger partial charge in [0.1, 0.15) is 4.88 Å². The van der Waals surface area contributed by atoms with Crippen molar-refractivity contribution in [2.75, 3.05) is 11.9 Å². The normalized spacial score (nSPS) is 21.2. The third-order valence-electron chi connectivity index (χ3n) is 4.04. The summed E-state index contributed by atoms with van der Waals surface area (Å²) in [4.78, 5) is 12.5. The zero-order chi connectivity index (χ0) is 16.1. The van der Waals surface area contributed by atoms with Crippen molar-refractivity contribution in [3.63, 3.8) is 0 Å². The van der Waals surface area contributed by atoms with E-state index in [4.69, 9.17) is 17.0 Å². The maximum atomic E-state index is 11.8. The van der Waals surface area contributed by atoms with Crippen LogP contribution in [0.25, 0.3) is 0 Å². The minimum atomic E-state index is -0.266. The van der Waals surface area contributed by atoms with Crippen LogP contribution in [-0.2, 0) is 4.74 Å². The first-order valence-electron chi connectivity index (χ1n) is 7.86. The second-order valence-corrected chi connectivity index (χ2v) is 7.27. The summed E-state index contributed by atoms with van der Waals surface area (Å²) < 4.78 is 5.06. The van der Waals surface area contributed by atoms with Crippen LogP contribution in [0, 0.1) is 12.8 Å². The van der Waals surface area contributed by atoms with Crippen LogP contribution >= 0.6 is 23.6 Å². The van der Waals surface area contributed by atoms with E-state index in [-0.39, 0.29) is 5.97 Å². The van der Waals surface area contributed by atoms with E-state index < -0.39 is 0 Å². The fraction of sp³-hybridized carbons (Fsp3) is 0.625. The Balaban J connectivity index is 1.94. The van der Waals surface area contributed by atoms with Gasteiger partial charge in [-0.15, -0.1) is 11.3 Å². The van der Waals surface area contributed by atoms with Gasteiger partial charge in [0.2, 0.25) is 0 Å². The molecule has 1 saturated carbocycles. The number of rotatable bonds is 4. The van der Waals surface area contributed by atoms with Gasteiger partial charge in [0.25, 0.3) is 0 Å². The Bertz CT molecular complexity index is 542. The highest BCUT2D eigenvalue weighted by atomic mass is 32.1. The minimum absolute atomic E-state index is 0.266. The molecule has 1 fully saturated rings. The molecule has 22 heavy (non-hydrogen) atoms. The Kier molecular flexibility index (Phi) is 6.20. The smallest absolute Gasteiger partial charge is 0.348 e. The van der Waals surface area contributed by atoms with E-state index >= 15 is 0 Å². The van der Waals surface area contributed by atoms with Gasteiger partial charge in [0.15, 0.2) is 5.11 Å². The van der Waals surface area contributed by atoms with Crippen LogP contribution in [0.3, 0.4) is 0 Å². The molecule has 0 unspecified atom stereocenters. The van der Waals surface area contributed by atoms with E-state index in [1.165, 1.54) is 37.0 Å². The highest BCUT2D eigenvalue weighted by Crippen LogP contribution is 2.28. The molecule has 4 nitrogen and oxygen atoms in total. The molecule has 122 valence electrons. The molecular weight excluding hydrogens is 316 g/mol. The van der Waals surface area contributed by atoms with E-state index in [2.05, 4.69) is 17.6 Å². The molecule has 0 saturated heterocycles. The SMILES string of the molecule is CCOC(=O)c1sc(NC(=S)N[C@@H]2CCCC[C@H]2C)cc1C. The third-order valence-corrected chi connectivity index (χ3v) is 5.40. The molecule has 0 amide bonds. The van der Waals surface area contributed by atoms with E-state index in [1.54, 1.807) is 0 Å². The molecule has 0 spiro atoms. The fourth-order valence-electron chi connectivity index (χ4n) is 2.79. The van der Waals surface area contributed by atoms with Crippen molar-refractivity contribution >= 4 is 39.6 Å². The van der Waals surface area contributed by atoms with E-state index in [0.29, 0.717) is 28.6 Å². The monoisotopic (exact) mass is 340 g/mol. The van der Waals surface area contributed by atoms with Gasteiger partial charge in [-0.1, -0.05) is 19.8 Å². The lowest BCUT2D eigenvalue weighted by atomic mass is 9.86. The number of nitrogens with one attached hydrogen (secondary N) is 2. The molecular formula is C16H24N2O2S2. The molecule has 1 heterocycles. The lowest BCUT2D eigenvalue weighted by Crippen LogP contribution is -2.42. The van der Waals surface area contributed by atoms with Crippen LogP contribution < -0.4 is 10.6 Å². The first-order valence-corrected chi connectivity index (χ1v) is 9.08. The van der Waals surface area contributed by atoms with E-state index in [0.717, 1.165) is 10.6 Å². The molecule has 2 atom stereocenters. The Morgan fingerprint density at radius 3 is 2.86 bits per heavy atom. The number of hydrogen-bond donors (Lipinski definition) is 2. The molecule has 1 aliphatic carbocycles. The van der Waals surface area contributed by atoms with Crippen molar-refractivity contribution in [1.29, 1.82) is 0 Å². The highest BCUT2D eigenvalue weighted by molar-refractivity contribution is 7.80. The number of ether oxygens (including phenoxy) is 1. The summed E-state index contributed by atoms with van der Waals surface area (Å²) in [6.45, 7) is 6.38. The van der Waals surface area contributed by atoms with Crippen LogP contribution in [0.5, 0.6) is 0 Å². The first kappa shape index (κ1) is 17.2. The average molecular weight is 341 g/mol. The van der Waals surface area contributed by atoms with Gasteiger partial charge in [-0.3, -0.25) is 0 Å². The van der Waals surface area contributed by atoms with Crippen LogP contribution in [0.1, 0.15) is 54.8 Å². The average Bonchev–Trinajstić information content (AvgIpc) is 2.82. The van der Waals surface area contributed by atoms with Gasteiger partial charge in [-0.2, -0.15) is 0 Å². The number of thiophene rings is 1. The van der Waals surface area contributed by atoms with Crippen molar-refractivity contribution in [2.24, 2.45) is 5.92 Å². The Labute approximate surface area is 141 Å². The maximum absolute atomic E-state index is 11.8. The number of thiocarbonyl (C=S) groups is 1. The summed E-state index contributed by atoms with van der Waals surface area (Å²) in [7, 11) is 0. The largest absolute Gasteiger partial charge is 0.462 e. The fourth-order valence-corrected chi connectivity index (χ4v) is 4.09. The number of esters is 1. The number of aryl methyl sites for hydroxylation is 1. The lowest BCUT2D eigenvalue weighted by molar-refractivity contribution is 0.0531. The standard InChI is InChI=1S/C16H24N2O2S2/c1-4-20-15(19)14-11(3)9-13(22-14)18-16(21)17-12-8-6-5-7-10(12)2/h9-10,12H,4-8H2,1-3H3,(H2,17,18,21)/t10-,12-/m1/s1. The molecule has 0 radical (unpaired) electrons. The van der Waals surface area contributed by atoms with Crippen molar-refractivity contribution in [2.45, 2.75) is 52.5 Å². The zero-order valence-corrected chi connectivity index (χ0v) is 15.0. The van der Waals surface area contributed by atoms with Gasteiger partial charge in [-0.25, -0.2) is 4.79 Å².